The maximum atomic E-state index is 12.0. The molecule has 94 valence electrons. The van der Waals surface area contributed by atoms with Gasteiger partial charge in [-0.25, -0.2) is 0 Å². The minimum Gasteiger partial charge on any atom is -0.491 e. The lowest BCUT2D eigenvalue weighted by Crippen LogP contribution is -2.30. The van der Waals surface area contributed by atoms with Gasteiger partial charge in [0.25, 0.3) is 5.91 Å². The molecule has 0 spiro atoms. The summed E-state index contributed by atoms with van der Waals surface area (Å²) in [6, 6.07) is 7.32. The average molecular weight is 235 g/mol. The normalized spacial score (nSPS) is 10.4. The molecule has 1 amide bonds. The van der Waals surface area contributed by atoms with E-state index in [1.54, 1.807) is 4.90 Å². The van der Waals surface area contributed by atoms with Gasteiger partial charge in [0.2, 0.25) is 0 Å². The summed E-state index contributed by atoms with van der Waals surface area (Å²) in [6.07, 6.45) is 0.152. The van der Waals surface area contributed by atoms with Crippen molar-refractivity contribution >= 4 is 5.91 Å². The molecular formula is C14H21NO2. The minimum absolute atomic E-state index is 0.0751. The van der Waals surface area contributed by atoms with E-state index in [9.17, 15) is 4.79 Å². The molecule has 3 nitrogen and oxygen atoms in total. The number of hydrogen-bond donors (Lipinski definition) is 0. The molecule has 0 saturated heterocycles. The second kappa shape index (κ2) is 6.28. The fourth-order valence-electron chi connectivity index (χ4n) is 1.64. The van der Waals surface area contributed by atoms with E-state index in [0.717, 1.165) is 18.8 Å². The Hall–Kier alpha value is -1.51. The largest absolute Gasteiger partial charge is 0.491 e. The topological polar surface area (TPSA) is 29.5 Å². The summed E-state index contributed by atoms with van der Waals surface area (Å²) < 4.78 is 5.54. The summed E-state index contributed by atoms with van der Waals surface area (Å²) in [7, 11) is 0. The van der Waals surface area contributed by atoms with Gasteiger partial charge in [-0.3, -0.25) is 4.79 Å². The van der Waals surface area contributed by atoms with Crippen LogP contribution in [0.5, 0.6) is 5.75 Å². The van der Waals surface area contributed by atoms with Gasteiger partial charge in [-0.15, -0.1) is 0 Å². The maximum absolute atomic E-state index is 12.0. The zero-order chi connectivity index (χ0) is 12.8. The van der Waals surface area contributed by atoms with Crippen LogP contribution in [0, 0.1) is 0 Å². The van der Waals surface area contributed by atoms with Gasteiger partial charge in [-0.1, -0.05) is 0 Å². The third kappa shape index (κ3) is 3.77. The van der Waals surface area contributed by atoms with Crippen molar-refractivity contribution in [2.45, 2.75) is 33.8 Å². The van der Waals surface area contributed by atoms with Crippen LogP contribution in [0.3, 0.4) is 0 Å². The standard InChI is InChI=1S/C14H21NO2/c1-5-15(6-2)14(16)12-7-9-13(10-8-12)17-11(3)4/h7-11H,5-6H2,1-4H3. The Morgan fingerprint density at radius 1 is 1.18 bits per heavy atom. The van der Waals surface area contributed by atoms with Crippen LogP contribution < -0.4 is 4.74 Å². The second-order valence-corrected chi connectivity index (χ2v) is 4.17. The number of benzene rings is 1. The molecule has 17 heavy (non-hydrogen) atoms. The fraction of sp³-hybridized carbons (Fsp3) is 0.500. The first-order valence-corrected chi connectivity index (χ1v) is 6.14. The van der Waals surface area contributed by atoms with Gasteiger partial charge in [0.05, 0.1) is 6.10 Å². The number of amides is 1. The zero-order valence-electron chi connectivity index (χ0n) is 11.1. The first-order chi connectivity index (χ1) is 8.08. The summed E-state index contributed by atoms with van der Waals surface area (Å²) in [6.45, 7) is 9.40. The molecular weight excluding hydrogens is 214 g/mol. The van der Waals surface area contributed by atoms with Crippen LogP contribution in [0.25, 0.3) is 0 Å². The Kier molecular flexibility index (Phi) is 5.01. The molecule has 0 aliphatic heterocycles. The van der Waals surface area contributed by atoms with Gasteiger partial charge in [-0.2, -0.15) is 0 Å². The van der Waals surface area contributed by atoms with Gasteiger partial charge < -0.3 is 9.64 Å². The third-order valence-electron chi connectivity index (χ3n) is 2.52. The van der Waals surface area contributed by atoms with Crippen LogP contribution in [0.4, 0.5) is 0 Å². The molecule has 1 rings (SSSR count). The highest BCUT2D eigenvalue weighted by Gasteiger charge is 2.12. The summed E-state index contributed by atoms with van der Waals surface area (Å²) in [4.78, 5) is 13.8. The maximum Gasteiger partial charge on any atom is 0.253 e. The summed E-state index contributed by atoms with van der Waals surface area (Å²) in [5.74, 6) is 0.877. The molecule has 1 aromatic rings. The number of hydrogen-bond acceptors (Lipinski definition) is 2. The SMILES string of the molecule is CCN(CC)C(=O)c1ccc(OC(C)C)cc1. The van der Waals surface area contributed by atoms with E-state index < -0.39 is 0 Å². The van der Waals surface area contributed by atoms with Crippen LogP contribution >= 0.6 is 0 Å². The highest BCUT2D eigenvalue weighted by atomic mass is 16.5. The molecule has 0 N–H and O–H groups in total. The fourth-order valence-corrected chi connectivity index (χ4v) is 1.64. The van der Waals surface area contributed by atoms with Gasteiger partial charge in [0, 0.05) is 18.7 Å². The molecule has 0 aliphatic carbocycles. The number of ether oxygens (including phenoxy) is 1. The Labute approximate surface area is 103 Å². The van der Waals surface area contributed by atoms with E-state index in [-0.39, 0.29) is 12.0 Å². The van der Waals surface area contributed by atoms with Crippen molar-refractivity contribution in [3.8, 4) is 5.75 Å². The summed E-state index contributed by atoms with van der Waals surface area (Å²) in [5, 5.41) is 0. The summed E-state index contributed by atoms with van der Waals surface area (Å²) in [5.41, 5.74) is 0.713. The van der Waals surface area contributed by atoms with Crippen LogP contribution in [0.15, 0.2) is 24.3 Å². The van der Waals surface area contributed by atoms with Crippen molar-refractivity contribution in [1.29, 1.82) is 0 Å². The van der Waals surface area contributed by atoms with E-state index in [1.807, 2.05) is 52.0 Å². The van der Waals surface area contributed by atoms with E-state index in [2.05, 4.69) is 0 Å². The van der Waals surface area contributed by atoms with Crippen LogP contribution in [0.2, 0.25) is 0 Å². The number of carbonyl (C=O) groups excluding carboxylic acids is 1. The van der Waals surface area contributed by atoms with Gasteiger partial charge in [0.1, 0.15) is 5.75 Å². The number of rotatable bonds is 5. The molecule has 0 fully saturated rings. The van der Waals surface area contributed by atoms with Crippen LogP contribution in [-0.4, -0.2) is 30.0 Å². The van der Waals surface area contributed by atoms with Crippen molar-refractivity contribution in [3.05, 3.63) is 29.8 Å². The number of carbonyl (C=O) groups is 1. The molecule has 3 heteroatoms. The average Bonchev–Trinajstić information content (AvgIpc) is 2.30. The molecule has 0 saturated carbocycles. The lowest BCUT2D eigenvalue weighted by molar-refractivity contribution is 0.0773. The first kappa shape index (κ1) is 13.6. The van der Waals surface area contributed by atoms with Crippen molar-refractivity contribution < 1.29 is 9.53 Å². The predicted octanol–water partition coefficient (Wildman–Crippen LogP) is 2.96. The van der Waals surface area contributed by atoms with E-state index >= 15 is 0 Å². The summed E-state index contributed by atoms with van der Waals surface area (Å²) >= 11 is 0. The smallest absolute Gasteiger partial charge is 0.253 e. The van der Waals surface area contributed by atoms with E-state index in [4.69, 9.17) is 4.74 Å². The highest BCUT2D eigenvalue weighted by molar-refractivity contribution is 5.94. The first-order valence-electron chi connectivity index (χ1n) is 6.14. The Bertz CT molecular complexity index is 353. The molecule has 0 atom stereocenters. The third-order valence-corrected chi connectivity index (χ3v) is 2.52. The molecule has 0 bridgehead atoms. The lowest BCUT2D eigenvalue weighted by atomic mass is 10.2. The van der Waals surface area contributed by atoms with Gasteiger partial charge >= 0.3 is 0 Å². The minimum atomic E-state index is 0.0751. The Morgan fingerprint density at radius 2 is 1.71 bits per heavy atom. The van der Waals surface area contributed by atoms with E-state index in [0.29, 0.717) is 5.56 Å². The Morgan fingerprint density at radius 3 is 2.12 bits per heavy atom. The molecule has 0 unspecified atom stereocenters. The van der Waals surface area contributed by atoms with Crippen molar-refractivity contribution in [2.75, 3.05) is 13.1 Å². The van der Waals surface area contributed by atoms with Gasteiger partial charge in [-0.05, 0) is 52.0 Å². The molecule has 0 heterocycles. The quantitative estimate of drug-likeness (QED) is 0.785. The zero-order valence-corrected chi connectivity index (χ0v) is 11.1. The van der Waals surface area contributed by atoms with Crippen molar-refractivity contribution in [2.24, 2.45) is 0 Å². The van der Waals surface area contributed by atoms with Crippen LogP contribution in [0.1, 0.15) is 38.1 Å². The number of nitrogens with zero attached hydrogens (tertiary/aromatic N) is 1. The lowest BCUT2D eigenvalue weighted by Gasteiger charge is -2.18. The van der Waals surface area contributed by atoms with Crippen molar-refractivity contribution in [3.63, 3.8) is 0 Å². The Balaban J connectivity index is 2.76. The van der Waals surface area contributed by atoms with E-state index in [1.165, 1.54) is 0 Å². The second-order valence-electron chi connectivity index (χ2n) is 4.17. The monoisotopic (exact) mass is 235 g/mol. The van der Waals surface area contributed by atoms with Crippen molar-refractivity contribution in [1.82, 2.24) is 4.90 Å². The molecule has 0 radical (unpaired) electrons. The molecule has 0 aromatic heterocycles. The predicted molar refractivity (Wildman–Crippen MR) is 69.5 cm³/mol. The van der Waals surface area contributed by atoms with Crippen LogP contribution in [-0.2, 0) is 0 Å². The molecule has 1 aromatic carbocycles. The molecule has 0 aliphatic rings. The highest BCUT2D eigenvalue weighted by Crippen LogP contribution is 2.15. The van der Waals surface area contributed by atoms with Gasteiger partial charge in [0.15, 0.2) is 0 Å².